The molecule has 0 amide bonds. The number of halogens is 1. The van der Waals surface area contributed by atoms with Gasteiger partial charge in [-0.2, -0.15) is 0 Å². The van der Waals surface area contributed by atoms with Crippen LogP contribution in [0.5, 0.6) is 5.75 Å². The van der Waals surface area contributed by atoms with Gasteiger partial charge in [0.15, 0.2) is 0 Å². The highest BCUT2D eigenvalue weighted by Gasteiger charge is 2.20. The lowest BCUT2D eigenvalue weighted by atomic mass is 10.1. The number of hydrogen-bond acceptors (Lipinski definition) is 3. The summed E-state index contributed by atoms with van der Waals surface area (Å²) in [6.07, 6.45) is -0.163. The molecular weight excluding hydrogens is 266 g/mol. The molecule has 0 aliphatic heterocycles. The van der Waals surface area contributed by atoms with Crippen molar-refractivity contribution in [2.45, 2.75) is 26.0 Å². The maximum absolute atomic E-state index is 6.14. The van der Waals surface area contributed by atoms with Gasteiger partial charge in [0.05, 0.1) is 5.02 Å². The zero-order valence-electron chi connectivity index (χ0n) is 10.4. The van der Waals surface area contributed by atoms with Gasteiger partial charge >= 0.3 is 0 Å². The molecule has 0 saturated carbocycles. The first-order valence-corrected chi connectivity index (χ1v) is 7.05. The van der Waals surface area contributed by atoms with Crippen molar-refractivity contribution in [2.75, 3.05) is 0 Å². The van der Waals surface area contributed by atoms with E-state index in [2.05, 4.69) is 0 Å². The Morgan fingerprint density at radius 3 is 2.72 bits per heavy atom. The monoisotopic (exact) mass is 281 g/mol. The van der Waals surface area contributed by atoms with Crippen LogP contribution in [-0.4, -0.2) is 6.04 Å². The molecule has 2 N–H and O–H groups in total. The third-order valence-electron chi connectivity index (χ3n) is 2.64. The summed E-state index contributed by atoms with van der Waals surface area (Å²) in [5.74, 6) is 0.687. The van der Waals surface area contributed by atoms with Gasteiger partial charge in [-0.1, -0.05) is 23.7 Å². The predicted molar refractivity (Wildman–Crippen MR) is 77.5 cm³/mol. The summed E-state index contributed by atoms with van der Waals surface area (Å²) in [5.41, 5.74) is 7.12. The van der Waals surface area contributed by atoms with Crippen molar-refractivity contribution in [1.82, 2.24) is 0 Å². The SMILES string of the molecule is Cc1ccc(Cl)c(OC(c2cccs2)C(C)N)c1. The largest absolute Gasteiger partial charge is 0.482 e. The van der Waals surface area contributed by atoms with Crippen LogP contribution in [0, 0.1) is 6.92 Å². The number of thiophene rings is 1. The van der Waals surface area contributed by atoms with Crippen LogP contribution in [0.15, 0.2) is 35.7 Å². The van der Waals surface area contributed by atoms with Gasteiger partial charge in [-0.3, -0.25) is 0 Å². The van der Waals surface area contributed by atoms with Gasteiger partial charge in [-0.25, -0.2) is 0 Å². The van der Waals surface area contributed by atoms with Crippen LogP contribution in [0.25, 0.3) is 0 Å². The molecule has 2 unspecified atom stereocenters. The lowest BCUT2D eigenvalue weighted by Gasteiger charge is -2.22. The van der Waals surface area contributed by atoms with Crippen molar-refractivity contribution in [3.05, 3.63) is 51.2 Å². The van der Waals surface area contributed by atoms with Crippen LogP contribution in [0.2, 0.25) is 5.02 Å². The maximum Gasteiger partial charge on any atom is 0.148 e. The number of benzene rings is 1. The summed E-state index contributed by atoms with van der Waals surface area (Å²) in [6, 6.07) is 9.67. The molecule has 0 fully saturated rings. The summed E-state index contributed by atoms with van der Waals surface area (Å²) in [4.78, 5) is 1.11. The number of hydrogen-bond donors (Lipinski definition) is 1. The van der Waals surface area contributed by atoms with Crippen LogP contribution >= 0.6 is 22.9 Å². The third kappa shape index (κ3) is 3.05. The topological polar surface area (TPSA) is 35.2 Å². The summed E-state index contributed by atoms with van der Waals surface area (Å²) in [7, 11) is 0. The Labute approximate surface area is 116 Å². The molecule has 18 heavy (non-hydrogen) atoms. The van der Waals surface area contributed by atoms with E-state index < -0.39 is 0 Å². The lowest BCUT2D eigenvalue weighted by molar-refractivity contribution is 0.184. The molecule has 2 nitrogen and oxygen atoms in total. The first-order valence-electron chi connectivity index (χ1n) is 5.79. The third-order valence-corrected chi connectivity index (χ3v) is 3.89. The molecule has 0 aliphatic rings. The Bertz CT molecular complexity index is 511. The summed E-state index contributed by atoms with van der Waals surface area (Å²) in [5, 5.41) is 2.63. The highest BCUT2D eigenvalue weighted by atomic mass is 35.5. The highest BCUT2D eigenvalue weighted by Crippen LogP contribution is 2.32. The van der Waals surface area contributed by atoms with E-state index in [1.807, 2.05) is 49.6 Å². The molecule has 0 bridgehead atoms. The van der Waals surface area contributed by atoms with E-state index in [1.54, 1.807) is 11.3 Å². The van der Waals surface area contributed by atoms with Crippen molar-refractivity contribution < 1.29 is 4.74 Å². The Morgan fingerprint density at radius 2 is 2.11 bits per heavy atom. The molecule has 0 aliphatic carbocycles. The van der Waals surface area contributed by atoms with Crippen LogP contribution in [0.3, 0.4) is 0 Å². The predicted octanol–water partition coefficient (Wildman–Crippen LogP) is 4.18. The fourth-order valence-electron chi connectivity index (χ4n) is 1.72. The molecular formula is C14H16ClNOS. The zero-order valence-corrected chi connectivity index (χ0v) is 12.0. The molecule has 1 aromatic heterocycles. The summed E-state index contributed by atoms with van der Waals surface area (Å²) >= 11 is 7.78. The minimum atomic E-state index is -0.163. The average Bonchev–Trinajstić information content (AvgIpc) is 2.83. The van der Waals surface area contributed by atoms with E-state index in [0.29, 0.717) is 10.8 Å². The molecule has 2 rings (SSSR count). The highest BCUT2D eigenvalue weighted by molar-refractivity contribution is 7.10. The van der Waals surface area contributed by atoms with Gasteiger partial charge in [0.25, 0.3) is 0 Å². The minimum Gasteiger partial charge on any atom is -0.482 e. The van der Waals surface area contributed by atoms with Crippen molar-refractivity contribution in [3.8, 4) is 5.75 Å². The molecule has 4 heteroatoms. The zero-order chi connectivity index (χ0) is 13.1. The molecule has 2 aromatic rings. The molecule has 0 saturated heterocycles. The van der Waals surface area contributed by atoms with Crippen molar-refractivity contribution in [2.24, 2.45) is 5.73 Å². The average molecular weight is 282 g/mol. The number of ether oxygens (including phenoxy) is 1. The van der Waals surface area contributed by atoms with Gasteiger partial charge in [-0.05, 0) is 43.0 Å². The van der Waals surface area contributed by atoms with Gasteiger partial charge in [-0.15, -0.1) is 11.3 Å². The number of rotatable bonds is 4. The van der Waals surface area contributed by atoms with Crippen molar-refractivity contribution >= 4 is 22.9 Å². The van der Waals surface area contributed by atoms with Gasteiger partial charge in [0, 0.05) is 10.9 Å². The van der Waals surface area contributed by atoms with Gasteiger partial charge in [0.1, 0.15) is 11.9 Å². The van der Waals surface area contributed by atoms with E-state index >= 15 is 0 Å². The quantitative estimate of drug-likeness (QED) is 0.912. The van der Waals surface area contributed by atoms with Crippen LogP contribution in [0.1, 0.15) is 23.5 Å². The fraction of sp³-hybridized carbons (Fsp3) is 0.286. The standard InChI is InChI=1S/C14H16ClNOS/c1-9-5-6-11(15)12(8-9)17-14(10(2)16)13-4-3-7-18-13/h3-8,10,14H,16H2,1-2H3. The van der Waals surface area contributed by atoms with Crippen LogP contribution in [-0.2, 0) is 0 Å². The Morgan fingerprint density at radius 1 is 1.33 bits per heavy atom. The number of aryl methyl sites for hydroxylation is 1. The first kappa shape index (κ1) is 13.4. The lowest BCUT2D eigenvalue weighted by Crippen LogP contribution is -2.28. The first-order chi connectivity index (χ1) is 8.58. The Kier molecular flexibility index (Phi) is 4.27. The number of nitrogens with two attached hydrogens (primary N) is 1. The van der Waals surface area contributed by atoms with E-state index in [0.717, 1.165) is 10.4 Å². The second-order valence-corrected chi connectivity index (χ2v) is 5.73. The fourth-order valence-corrected chi connectivity index (χ4v) is 2.75. The normalized spacial score (nSPS) is 14.2. The van der Waals surface area contributed by atoms with Crippen LogP contribution < -0.4 is 10.5 Å². The van der Waals surface area contributed by atoms with Gasteiger partial charge in [0.2, 0.25) is 0 Å². The molecule has 1 heterocycles. The van der Waals surface area contributed by atoms with Crippen molar-refractivity contribution in [1.29, 1.82) is 0 Å². The molecule has 1 aromatic carbocycles. The molecule has 0 spiro atoms. The van der Waals surface area contributed by atoms with Crippen LogP contribution in [0.4, 0.5) is 0 Å². The minimum absolute atomic E-state index is 0.0970. The van der Waals surface area contributed by atoms with Gasteiger partial charge < -0.3 is 10.5 Å². The summed E-state index contributed by atoms with van der Waals surface area (Å²) in [6.45, 7) is 3.95. The van der Waals surface area contributed by atoms with E-state index in [-0.39, 0.29) is 12.1 Å². The second kappa shape index (κ2) is 5.74. The van der Waals surface area contributed by atoms with E-state index in [1.165, 1.54) is 0 Å². The molecule has 2 atom stereocenters. The molecule has 0 radical (unpaired) electrons. The second-order valence-electron chi connectivity index (χ2n) is 4.35. The Balaban J connectivity index is 2.27. The molecule has 96 valence electrons. The van der Waals surface area contributed by atoms with E-state index in [9.17, 15) is 0 Å². The van der Waals surface area contributed by atoms with E-state index in [4.69, 9.17) is 22.1 Å². The smallest absolute Gasteiger partial charge is 0.148 e. The Hall–Kier alpha value is -1.03. The maximum atomic E-state index is 6.14. The van der Waals surface area contributed by atoms with Crippen molar-refractivity contribution in [3.63, 3.8) is 0 Å². The summed E-state index contributed by atoms with van der Waals surface area (Å²) < 4.78 is 5.99.